The molecule has 3 rings (SSSR count). The normalized spacial score (nSPS) is 14.9. The molecule has 0 aliphatic carbocycles. The maximum atomic E-state index is 12.5. The van der Waals surface area contributed by atoms with E-state index in [1.807, 2.05) is 32.2 Å². The second-order valence-electron chi connectivity index (χ2n) is 6.08. The van der Waals surface area contributed by atoms with Crippen molar-refractivity contribution in [2.75, 3.05) is 19.2 Å². The van der Waals surface area contributed by atoms with Crippen molar-refractivity contribution >= 4 is 34.8 Å². The third kappa shape index (κ3) is 4.37. The van der Waals surface area contributed by atoms with Gasteiger partial charge in [0.1, 0.15) is 6.54 Å². The lowest BCUT2D eigenvalue weighted by Crippen LogP contribution is -3.12. The minimum absolute atomic E-state index is 0.100. The summed E-state index contributed by atoms with van der Waals surface area (Å²) in [7, 11) is 1.97. The Balaban J connectivity index is 1.63. The first kappa shape index (κ1) is 17.9. The van der Waals surface area contributed by atoms with Crippen molar-refractivity contribution in [2.45, 2.75) is 19.5 Å². The van der Waals surface area contributed by atoms with E-state index in [1.165, 1.54) is 0 Å². The van der Waals surface area contributed by atoms with Gasteiger partial charge in [-0.25, -0.2) is 0 Å². The van der Waals surface area contributed by atoms with Crippen molar-refractivity contribution in [2.24, 2.45) is 0 Å². The van der Waals surface area contributed by atoms with Crippen LogP contribution in [-0.2, 0) is 11.3 Å². The average molecular weight is 382 g/mol. The Labute approximate surface area is 156 Å². The van der Waals surface area contributed by atoms with Crippen LogP contribution in [0, 0.1) is 0 Å². The smallest absolute Gasteiger partial charge is 0.282 e. The van der Waals surface area contributed by atoms with Crippen molar-refractivity contribution in [1.29, 1.82) is 0 Å². The molecule has 1 amide bonds. The monoisotopic (exact) mass is 381 g/mol. The number of carbonyl (C=O) groups excluding carboxylic acids is 1. The highest BCUT2D eigenvalue weighted by Gasteiger charge is 2.23. The molecule has 0 spiro atoms. The number of likely N-dealkylation sites (N-methyl/N-ethyl adjacent to an activating group) is 1. The summed E-state index contributed by atoms with van der Waals surface area (Å²) >= 11 is 11.9. The first-order chi connectivity index (χ1) is 11.9. The van der Waals surface area contributed by atoms with Crippen LogP contribution >= 0.6 is 23.2 Å². The molecule has 0 bridgehead atoms. The molecule has 1 aliphatic heterocycles. The molecular weight excluding hydrogens is 363 g/mol. The second kappa shape index (κ2) is 7.52. The van der Waals surface area contributed by atoms with E-state index >= 15 is 0 Å². The van der Waals surface area contributed by atoms with E-state index in [0.29, 0.717) is 22.3 Å². The number of halogens is 2. The third-order valence-corrected chi connectivity index (χ3v) is 4.62. The van der Waals surface area contributed by atoms with Crippen molar-refractivity contribution in [3.05, 3.63) is 52.0 Å². The summed E-state index contributed by atoms with van der Waals surface area (Å²) in [4.78, 5) is 13.5. The van der Waals surface area contributed by atoms with Gasteiger partial charge in [0.15, 0.2) is 17.5 Å². The van der Waals surface area contributed by atoms with Crippen LogP contribution in [0.5, 0.6) is 11.5 Å². The SMILES string of the molecule is C[C@@H](C(=O)Nc1cc(Cl)cc(Cl)c1)[NH+](C)Cc1ccc2c(c1)OCO2. The van der Waals surface area contributed by atoms with Crippen molar-refractivity contribution in [1.82, 2.24) is 0 Å². The highest BCUT2D eigenvalue weighted by atomic mass is 35.5. The molecule has 0 radical (unpaired) electrons. The van der Waals surface area contributed by atoms with Gasteiger partial charge in [0.2, 0.25) is 6.79 Å². The maximum Gasteiger partial charge on any atom is 0.282 e. The molecule has 2 atom stereocenters. The van der Waals surface area contributed by atoms with Crippen LogP contribution in [0.1, 0.15) is 12.5 Å². The van der Waals surface area contributed by atoms with Gasteiger partial charge in [-0.1, -0.05) is 23.2 Å². The van der Waals surface area contributed by atoms with E-state index in [9.17, 15) is 4.79 Å². The number of amides is 1. The minimum atomic E-state index is -0.261. The summed E-state index contributed by atoms with van der Waals surface area (Å²) in [6.45, 7) is 2.81. The molecule has 25 heavy (non-hydrogen) atoms. The summed E-state index contributed by atoms with van der Waals surface area (Å²) in [5.74, 6) is 1.40. The Morgan fingerprint density at radius 2 is 1.84 bits per heavy atom. The number of nitrogens with one attached hydrogen (secondary N) is 2. The van der Waals surface area contributed by atoms with Gasteiger partial charge < -0.3 is 19.7 Å². The third-order valence-electron chi connectivity index (χ3n) is 4.18. The number of hydrogen-bond donors (Lipinski definition) is 2. The number of quaternary nitrogens is 1. The molecule has 132 valence electrons. The van der Waals surface area contributed by atoms with Crippen LogP contribution in [-0.4, -0.2) is 25.8 Å². The Morgan fingerprint density at radius 1 is 1.16 bits per heavy atom. The Hall–Kier alpha value is -1.95. The van der Waals surface area contributed by atoms with Gasteiger partial charge >= 0.3 is 0 Å². The van der Waals surface area contributed by atoms with E-state index in [-0.39, 0.29) is 18.7 Å². The van der Waals surface area contributed by atoms with Crippen LogP contribution in [0.3, 0.4) is 0 Å². The predicted molar refractivity (Wildman–Crippen MR) is 97.7 cm³/mol. The average Bonchev–Trinajstić information content (AvgIpc) is 3.00. The molecule has 1 heterocycles. The number of anilines is 1. The van der Waals surface area contributed by atoms with Crippen molar-refractivity contribution < 1.29 is 19.2 Å². The zero-order valence-corrected chi connectivity index (χ0v) is 15.4. The molecule has 1 aliphatic rings. The largest absolute Gasteiger partial charge is 0.454 e. The fraction of sp³-hybridized carbons (Fsp3) is 0.278. The van der Waals surface area contributed by atoms with Crippen LogP contribution in [0.25, 0.3) is 0 Å². The molecule has 1 unspecified atom stereocenters. The molecule has 0 fully saturated rings. The van der Waals surface area contributed by atoms with Crippen LogP contribution in [0.2, 0.25) is 10.0 Å². The number of fused-ring (bicyclic) bond motifs is 1. The molecular formula is C18H19Cl2N2O3+. The van der Waals surface area contributed by atoms with Crippen LogP contribution in [0.15, 0.2) is 36.4 Å². The number of rotatable bonds is 5. The quantitative estimate of drug-likeness (QED) is 0.836. The highest BCUT2D eigenvalue weighted by molar-refractivity contribution is 6.35. The van der Waals surface area contributed by atoms with Crippen molar-refractivity contribution in [3.63, 3.8) is 0 Å². The minimum Gasteiger partial charge on any atom is -0.454 e. The number of ether oxygens (including phenoxy) is 2. The van der Waals surface area contributed by atoms with Gasteiger partial charge in [-0.15, -0.1) is 0 Å². The lowest BCUT2D eigenvalue weighted by atomic mass is 10.1. The van der Waals surface area contributed by atoms with Crippen LogP contribution < -0.4 is 19.7 Å². The van der Waals surface area contributed by atoms with Gasteiger partial charge in [-0.05, 0) is 43.3 Å². The van der Waals surface area contributed by atoms with Gasteiger partial charge in [0.05, 0.1) is 7.05 Å². The molecule has 7 heteroatoms. The summed E-state index contributed by atoms with van der Waals surface area (Å²) < 4.78 is 10.7. The summed E-state index contributed by atoms with van der Waals surface area (Å²) in [5.41, 5.74) is 1.66. The molecule has 2 aromatic carbocycles. The number of hydrogen-bond acceptors (Lipinski definition) is 3. The summed E-state index contributed by atoms with van der Waals surface area (Å²) in [6, 6.07) is 10.5. The van der Waals surface area contributed by atoms with Gasteiger partial charge in [0.25, 0.3) is 5.91 Å². The molecule has 2 N–H and O–H groups in total. The molecule has 0 saturated carbocycles. The Morgan fingerprint density at radius 3 is 2.56 bits per heavy atom. The van der Waals surface area contributed by atoms with E-state index in [1.54, 1.807) is 18.2 Å². The topological polar surface area (TPSA) is 52.0 Å². The Kier molecular flexibility index (Phi) is 5.37. The van der Waals surface area contributed by atoms with Crippen molar-refractivity contribution in [3.8, 4) is 11.5 Å². The van der Waals surface area contributed by atoms with Gasteiger partial charge in [0, 0.05) is 21.3 Å². The molecule has 5 nitrogen and oxygen atoms in total. The lowest BCUT2D eigenvalue weighted by Gasteiger charge is -2.21. The standard InChI is InChI=1S/C18H18Cl2N2O3/c1-11(18(23)21-15-7-13(19)6-14(20)8-15)22(2)9-12-3-4-16-17(5-12)25-10-24-16/h3-8,11H,9-10H2,1-2H3,(H,21,23)/p+1/t11-/m0/s1. The summed E-state index contributed by atoms with van der Waals surface area (Å²) in [5, 5.41) is 3.82. The number of benzene rings is 2. The zero-order valence-electron chi connectivity index (χ0n) is 13.9. The van der Waals surface area contributed by atoms with E-state index in [4.69, 9.17) is 32.7 Å². The predicted octanol–water partition coefficient (Wildman–Crippen LogP) is 2.76. The van der Waals surface area contributed by atoms with Gasteiger partial charge in [-0.2, -0.15) is 0 Å². The Bertz CT molecular complexity index is 778. The highest BCUT2D eigenvalue weighted by Crippen LogP contribution is 2.32. The fourth-order valence-electron chi connectivity index (χ4n) is 2.63. The summed E-state index contributed by atoms with van der Waals surface area (Å²) in [6.07, 6.45) is 0. The van der Waals surface area contributed by atoms with E-state index in [0.717, 1.165) is 22.0 Å². The number of carbonyl (C=O) groups is 1. The molecule has 2 aromatic rings. The van der Waals surface area contributed by atoms with E-state index in [2.05, 4.69) is 5.32 Å². The van der Waals surface area contributed by atoms with Crippen LogP contribution in [0.4, 0.5) is 5.69 Å². The first-order valence-electron chi connectivity index (χ1n) is 7.90. The maximum absolute atomic E-state index is 12.5. The zero-order chi connectivity index (χ0) is 18.0. The first-order valence-corrected chi connectivity index (χ1v) is 8.66. The fourth-order valence-corrected chi connectivity index (χ4v) is 3.15. The second-order valence-corrected chi connectivity index (χ2v) is 6.95. The van der Waals surface area contributed by atoms with E-state index < -0.39 is 0 Å². The van der Waals surface area contributed by atoms with Gasteiger partial charge in [-0.3, -0.25) is 4.79 Å². The molecule has 0 aromatic heterocycles. The molecule has 0 saturated heterocycles. The lowest BCUT2D eigenvalue weighted by molar-refractivity contribution is -0.907.